The Bertz CT molecular complexity index is 588. The summed E-state index contributed by atoms with van der Waals surface area (Å²) < 4.78 is 18.5. The van der Waals surface area contributed by atoms with Crippen LogP contribution in [0.1, 0.15) is 0 Å². The molecule has 22 heavy (non-hydrogen) atoms. The van der Waals surface area contributed by atoms with E-state index >= 15 is 0 Å². The minimum atomic E-state index is -0.773. The first-order chi connectivity index (χ1) is 10.4. The zero-order valence-corrected chi connectivity index (χ0v) is 12.1. The van der Waals surface area contributed by atoms with Crippen LogP contribution in [0, 0.1) is 15.9 Å². The fraction of sp³-hybridized carbons (Fsp3) is 0.462. The van der Waals surface area contributed by atoms with Gasteiger partial charge in [0.2, 0.25) is 5.91 Å². The van der Waals surface area contributed by atoms with Crippen molar-refractivity contribution in [3.8, 4) is 5.75 Å². The third-order valence-electron chi connectivity index (χ3n) is 3.54. The predicted octanol–water partition coefficient (Wildman–Crippen LogP) is 0.350. The van der Waals surface area contributed by atoms with E-state index in [0.29, 0.717) is 31.9 Å². The summed E-state index contributed by atoms with van der Waals surface area (Å²) in [4.78, 5) is 25.1. The summed E-state index contributed by atoms with van der Waals surface area (Å²) in [6, 6.07) is 2.20. The number of nitro groups is 1. The van der Waals surface area contributed by atoms with Crippen LogP contribution in [0.25, 0.3) is 0 Å². The summed E-state index contributed by atoms with van der Waals surface area (Å²) in [5, 5.41) is 11.1. The van der Waals surface area contributed by atoms with Crippen molar-refractivity contribution in [2.45, 2.75) is 0 Å². The van der Waals surface area contributed by atoms with Gasteiger partial charge in [-0.1, -0.05) is 0 Å². The molecular weight excluding hydrogens is 295 g/mol. The summed E-state index contributed by atoms with van der Waals surface area (Å²) in [6.45, 7) is 2.19. The first-order valence-electron chi connectivity index (χ1n) is 6.70. The summed E-state index contributed by atoms with van der Waals surface area (Å²) in [6.07, 6.45) is 0. The number of carbonyl (C=O) groups is 1. The molecule has 1 fully saturated rings. The second-order valence-corrected chi connectivity index (χ2v) is 4.96. The number of anilines is 1. The Morgan fingerprint density at radius 3 is 2.55 bits per heavy atom. The maximum Gasteiger partial charge on any atom is 0.295 e. The molecule has 1 amide bonds. The maximum absolute atomic E-state index is 13.7. The molecule has 1 saturated heterocycles. The van der Waals surface area contributed by atoms with Crippen LogP contribution in [0.4, 0.5) is 15.8 Å². The number of amides is 1. The highest BCUT2D eigenvalue weighted by atomic mass is 19.1. The van der Waals surface area contributed by atoms with Crippen LogP contribution in [-0.2, 0) is 4.79 Å². The van der Waals surface area contributed by atoms with Crippen molar-refractivity contribution in [3.05, 3.63) is 28.1 Å². The van der Waals surface area contributed by atoms with Crippen molar-refractivity contribution in [2.24, 2.45) is 5.73 Å². The summed E-state index contributed by atoms with van der Waals surface area (Å²) in [5.41, 5.74) is 5.15. The maximum atomic E-state index is 13.7. The molecule has 1 heterocycles. The molecular formula is C13H17FN4O4. The smallest absolute Gasteiger partial charge is 0.295 e. The number of rotatable bonds is 5. The van der Waals surface area contributed by atoms with E-state index in [1.165, 1.54) is 13.2 Å². The lowest BCUT2D eigenvalue weighted by Gasteiger charge is -2.35. The third kappa shape index (κ3) is 3.42. The highest BCUT2D eigenvalue weighted by molar-refractivity contribution is 5.76. The van der Waals surface area contributed by atoms with E-state index < -0.39 is 16.6 Å². The van der Waals surface area contributed by atoms with Gasteiger partial charge in [0, 0.05) is 32.2 Å². The fourth-order valence-electron chi connectivity index (χ4n) is 2.46. The van der Waals surface area contributed by atoms with Gasteiger partial charge in [0.05, 0.1) is 24.6 Å². The average Bonchev–Trinajstić information content (AvgIpc) is 2.47. The van der Waals surface area contributed by atoms with E-state index in [0.717, 1.165) is 6.07 Å². The Labute approximate surface area is 126 Å². The number of methoxy groups -OCH3 is 1. The zero-order chi connectivity index (χ0) is 16.3. The van der Waals surface area contributed by atoms with Crippen molar-refractivity contribution in [1.29, 1.82) is 0 Å². The van der Waals surface area contributed by atoms with Crippen molar-refractivity contribution in [2.75, 3.05) is 44.7 Å². The molecule has 1 aromatic rings. The average molecular weight is 312 g/mol. The van der Waals surface area contributed by atoms with Gasteiger partial charge in [-0.05, 0) is 0 Å². The molecule has 9 heteroatoms. The number of ether oxygens (including phenoxy) is 1. The molecule has 0 spiro atoms. The molecule has 0 radical (unpaired) electrons. The van der Waals surface area contributed by atoms with Crippen LogP contribution in [0.3, 0.4) is 0 Å². The van der Waals surface area contributed by atoms with Gasteiger partial charge >= 0.3 is 0 Å². The first-order valence-corrected chi connectivity index (χ1v) is 6.70. The molecule has 0 unspecified atom stereocenters. The van der Waals surface area contributed by atoms with Crippen LogP contribution >= 0.6 is 0 Å². The standard InChI is InChI=1S/C13H17FN4O4/c1-22-12-7-10(11(18(20)21)6-9(12)14)17-4-2-16(3-5-17)8-13(15)19/h6-7H,2-5,8H2,1H3,(H2,15,19). The number of piperazine rings is 1. The summed E-state index contributed by atoms with van der Waals surface area (Å²) in [7, 11) is 1.30. The van der Waals surface area contributed by atoms with Gasteiger partial charge in [0.25, 0.3) is 5.69 Å². The second kappa shape index (κ2) is 6.56. The number of nitrogens with two attached hydrogens (primary N) is 1. The number of carbonyl (C=O) groups excluding carboxylic acids is 1. The lowest BCUT2D eigenvalue weighted by Crippen LogP contribution is -2.49. The van der Waals surface area contributed by atoms with Crippen LogP contribution in [0.2, 0.25) is 0 Å². The van der Waals surface area contributed by atoms with E-state index in [-0.39, 0.29) is 18.0 Å². The largest absolute Gasteiger partial charge is 0.494 e. The van der Waals surface area contributed by atoms with Crippen LogP contribution < -0.4 is 15.4 Å². The Hall–Kier alpha value is -2.42. The quantitative estimate of drug-likeness (QED) is 0.622. The minimum Gasteiger partial charge on any atom is -0.494 e. The number of hydrogen-bond acceptors (Lipinski definition) is 6. The van der Waals surface area contributed by atoms with Gasteiger partial charge in [0.15, 0.2) is 11.6 Å². The van der Waals surface area contributed by atoms with Crippen molar-refractivity contribution >= 4 is 17.3 Å². The third-order valence-corrected chi connectivity index (χ3v) is 3.54. The van der Waals surface area contributed by atoms with Crippen molar-refractivity contribution in [3.63, 3.8) is 0 Å². The predicted molar refractivity (Wildman–Crippen MR) is 77.5 cm³/mol. The Morgan fingerprint density at radius 1 is 1.41 bits per heavy atom. The molecule has 1 aliphatic rings. The molecule has 8 nitrogen and oxygen atoms in total. The van der Waals surface area contributed by atoms with Gasteiger partial charge < -0.3 is 15.4 Å². The molecule has 1 aliphatic heterocycles. The van der Waals surface area contributed by atoms with Gasteiger partial charge in [0.1, 0.15) is 5.69 Å². The Morgan fingerprint density at radius 2 is 2.05 bits per heavy atom. The number of nitrogens with zero attached hydrogens (tertiary/aromatic N) is 3. The Kier molecular flexibility index (Phi) is 4.76. The molecule has 0 aliphatic carbocycles. The lowest BCUT2D eigenvalue weighted by molar-refractivity contribution is -0.384. The van der Waals surface area contributed by atoms with E-state index in [1.54, 1.807) is 4.90 Å². The summed E-state index contributed by atoms with van der Waals surface area (Å²) in [5.74, 6) is -1.23. The van der Waals surface area contributed by atoms with Crippen molar-refractivity contribution in [1.82, 2.24) is 4.90 Å². The number of primary amides is 1. The normalized spacial score (nSPS) is 15.6. The van der Waals surface area contributed by atoms with Gasteiger partial charge in [-0.25, -0.2) is 4.39 Å². The van der Waals surface area contributed by atoms with Crippen LogP contribution in [-0.4, -0.2) is 55.6 Å². The molecule has 0 aromatic heterocycles. The van der Waals surface area contributed by atoms with E-state index in [9.17, 15) is 19.3 Å². The number of halogens is 1. The lowest BCUT2D eigenvalue weighted by atomic mass is 10.2. The molecule has 0 bridgehead atoms. The molecule has 2 N–H and O–H groups in total. The molecule has 120 valence electrons. The number of nitro benzene ring substituents is 1. The topological polar surface area (TPSA) is 102 Å². The van der Waals surface area contributed by atoms with Gasteiger partial charge in [-0.15, -0.1) is 0 Å². The molecule has 2 rings (SSSR count). The van der Waals surface area contributed by atoms with Crippen LogP contribution in [0.5, 0.6) is 5.75 Å². The SMILES string of the molecule is COc1cc(N2CCN(CC(N)=O)CC2)c([N+](=O)[O-])cc1F. The Balaban J connectivity index is 2.22. The fourth-order valence-corrected chi connectivity index (χ4v) is 2.46. The zero-order valence-electron chi connectivity index (χ0n) is 12.1. The second-order valence-electron chi connectivity index (χ2n) is 4.96. The van der Waals surface area contributed by atoms with E-state index in [1.807, 2.05) is 4.90 Å². The highest BCUT2D eigenvalue weighted by Gasteiger charge is 2.26. The van der Waals surface area contributed by atoms with Gasteiger partial charge in [-0.3, -0.25) is 19.8 Å². The molecule has 0 saturated carbocycles. The molecule has 1 aromatic carbocycles. The monoisotopic (exact) mass is 312 g/mol. The first kappa shape index (κ1) is 16.0. The van der Waals surface area contributed by atoms with E-state index in [2.05, 4.69) is 0 Å². The van der Waals surface area contributed by atoms with E-state index in [4.69, 9.17) is 10.5 Å². The number of hydrogen-bond donors (Lipinski definition) is 1. The van der Waals surface area contributed by atoms with Gasteiger partial charge in [-0.2, -0.15) is 0 Å². The highest BCUT2D eigenvalue weighted by Crippen LogP contribution is 2.34. The number of benzene rings is 1. The van der Waals surface area contributed by atoms with Crippen LogP contribution in [0.15, 0.2) is 12.1 Å². The molecule has 0 atom stereocenters. The van der Waals surface area contributed by atoms with Crippen molar-refractivity contribution < 1.29 is 18.8 Å². The summed E-state index contributed by atoms with van der Waals surface area (Å²) >= 11 is 0. The minimum absolute atomic E-state index is 0.0415.